The van der Waals surface area contributed by atoms with Gasteiger partial charge < -0.3 is 10.6 Å². The van der Waals surface area contributed by atoms with Gasteiger partial charge in [0.2, 0.25) is 0 Å². The van der Waals surface area contributed by atoms with E-state index in [4.69, 9.17) is 35.4 Å². The number of benzene rings is 2. The van der Waals surface area contributed by atoms with E-state index in [-0.39, 0.29) is 10.8 Å². The van der Waals surface area contributed by atoms with Gasteiger partial charge in [-0.25, -0.2) is 0 Å². The highest BCUT2D eigenvalue weighted by Crippen LogP contribution is 2.25. The van der Waals surface area contributed by atoms with Crippen molar-refractivity contribution in [2.45, 2.75) is 0 Å². The average molecular weight is 342 g/mol. The van der Waals surface area contributed by atoms with Crippen LogP contribution in [-0.2, 0) is 0 Å². The van der Waals surface area contributed by atoms with Gasteiger partial charge in [-0.15, -0.1) is 0 Å². The van der Waals surface area contributed by atoms with Crippen LogP contribution in [0.3, 0.4) is 0 Å². The number of halogens is 2. The molecule has 0 aliphatic rings. The quantitative estimate of drug-likeness (QED) is 0.480. The molecule has 0 amide bonds. The fourth-order valence-electron chi connectivity index (χ4n) is 1.57. The molecule has 0 fully saturated rings. The number of hydrogen-bond acceptors (Lipinski definition) is 3. The number of non-ortho nitro benzene ring substituents is 1. The van der Waals surface area contributed by atoms with Crippen LogP contribution >= 0.6 is 35.4 Å². The van der Waals surface area contributed by atoms with Gasteiger partial charge in [0.05, 0.1) is 15.6 Å². The Morgan fingerprint density at radius 1 is 1.14 bits per heavy atom. The van der Waals surface area contributed by atoms with Crippen LogP contribution in [0, 0.1) is 10.1 Å². The molecule has 0 aromatic heterocycles. The zero-order valence-electron chi connectivity index (χ0n) is 10.5. The van der Waals surface area contributed by atoms with Crippen molar-refractivity contribution in [3.8, 4) is 0 Å². The zero-order chi connectivity index (χ0) is 15.4. The van der Waals surface area contributed by atoms with E-state index in [9.17, 15) is 10.1 Å². The maximum absolute atomic E-state index is 10.7. The van der Waals surface area contributed by atoms with Gasteiger partial charge in [0.1, 0.15) is 0 Å². The number of nitro benzene ring substituents is 1. The molecule has 2 aromatic rings. The number of nitro groups is 1. The van der Waals surface area contributed by atoms with Crippen molar-refractivity contribution in [2.75, 3.05) is 10.6 Å². The summed E-state index contributed by atoms with van der Waals surface area (Å²) in [4.78, 5) is 10.2. The van der Waals surface area contributed by atoms with Gasteiger partial charge in [-0.3, -0.25) is 10.1 Å². The Morgan fingerprint density at radius 3 is 2.57 bits per heavy atom. The van der Waals surface area contributed by atoms with Crippen LogP contribution in [0.1, 0.15) is 0 Å². The number of thiocarbonyl (C=S) groups is 1. The molecule has 5 nitrogen and oxygen atoms in total. The van der Waals surface area contributed by atoms with E-state index < -0.39 is 4.92 Å². The van der Waals surface area contributed by atoms with Crippen LogP contribution < -0.4 is 10.6 Å². The summed E-state index contributed by atoms with van der Waals surface area (Å²) in [5, 5.41) is 17.7. The summed E-state index contributed by atoms with van der Waals surface area (Å²) in [5.41, 5.74) is 1.07. The molecule has 0 bridgehead atoms. The Balaban J connectivity index is 2.08. The summed E-state index contributed by atoms with van der Waals surface area (Å²) < 4.78 is 0. The molecule has 0 unspecified atom stereocenters. The van der Waals surface area contributed by atoms with Crippen LogP contribution in [-0.4, -0.2) is 10.0 Å². The first-order valence-corrected chi connectivity index (χ1v) is 6.89. The molecule has 0 radical (unpaired) electrons. The standard InChI is InChI=1S/C13H9Cl2N3O2S/c14-8-4-5-12(11(15)6-8)17-13(21)16-9-2-1-3-10(7-9)18(19)20/h1-7H,(H2,16,17,21). The molecule has 0 saturated carbocycles. The number of rotatable bonds is 3. The highest BCUT2D eigenvalue weighted by Gasteiger charge is 2.08. The lowest BCUT2D eigenvalue weighted by atomic mass is 10.3. The van der Waals surface area contributed by atoms with Crippen LogP contribution in [0.25, 0.3) is 0 Å². The van der Waals surface area contributed by atoms with Crippen LogP contribution in [0.5, 0.6) is 0 Å². The second-order valence-electron chi connectivity index (χ2n) is 4.01. The average Bonchev–Trinajstić information content (AvgIpc) is 2.42. The van der Waals surface area contributed by atoms with Gasteiger partial charge in [0.15, 0.2) is 5.11 Å². The zero-order valence-corrected chi connectivity index (χ0v) is 12.8. The molecule has 0 aliphatic carbocycles. The Hall–Kier alpha value is -1.89. The second-order valence-corrected chi connectivity index (χ2v) is 5.26. The van der Waals surface area contributed by atoms with Crippen LogP contribution in [0.15, 0.2) is 42.5 Å². The highest BCUT2D eigenvalue weighted by molar-refractivity contribution is 7.80. The van der Waals surface area contributed by atoms with E-state index in [0.717, 1.165) is 0 Å². The smallest absolute Gasteiger partial charge is 0.271 e. The molecule has 108 valence electrons. The lowest BCUT2D eigenvalue weighted by Crippen LogP contribution is -2.19. The molecule has 2 rings (SSSR count). The molecule has 0 heterocycles. The summed E-state index contributed by atoms with van der Waals surface area (Å²) in [7, 11) is 0. The summed E-state index contributed by atoms with van der Waals surface area (Å²) in [5.74, 6) is 0. The monoisotopic (exact) mass is 341 g/mol. The van der Waals surface area contributed by atoms with E-state index in [0.29, 0.717) is 21.4 Å². The van der Waals surface area contributed by atoms with Crippen molar-refractivity contribution in [1.82, 2.24) is 0 Å². The molecule has 0 atom stereocenters. The highest BCUT2D eigenvalue weighted by atomic mass is 35.5. The molecule has 21 heavy (non-hydrogen) atoms. The maximum atomic E-state index is 10.7. The van der Waals surface area contributed by atoms with E-state index >= 15 is 0 Å². The van der Waals surface area contributed by atoms with Crippen molar-refractivity contribution >= 4 is 57.6 Å². The van der Waals surface area contributed by atoms with Gasteiger partial charge in [-0.1, -0.05) is 29.3 Å². The topological polar surface area (TPSA) is 67.2 Å². The second kappa shape index (κ2) is 6.71. The van der Waals surface area contributed by atoms with Crippen molar-refractivity contribution < 1.29 is 4.92 Å². The fourth-order valence-corrected chi connectivity index (χ4v) is 2.26. The van der Waals surface area contributed by atoms with Crippen molar-refractivity contribution in [3.63, 3.8) is 0 Å². The van der Waals surface area contributed by atoms with Gasteiger partial charge in [0.25, 0.3) is 5.69 Å². The number of nitrogens with one attached hydrogen (secondary N) is 2. The van der Waals surface area contributed by atoms with Gasteiger partial charge in [0, 0.05) is 22.8 Å². The fraction of sp³-hybridized carbons (Fsp3) is 0. The normalized spacial score (nSPS) is 10.0. The van der Waals surface area contributed by atoms with E-state index in [1.807, 2.05) is 0 Å². The summed E-state index contributed by atoms with van der Waals surface area (Å²) >= 11 is 17.0. The lowest BCUT2D eigenvalue weighted by Gasteiger charge is -2.11. The van der Waals surface area contributed by atoms with Gasteiger partial charge in [-0.2, -0.15) is 0 Å². The third kappa shape index (κ3) is 4.29. The first-order valence-electron chi connectivity index (χ1n) is 5.73. The molecule has 2 aromatic carbocycles. The minimum Gasteiger partial charge on any atom is -0.332 e. The summed E-state index contributed by atoms with van der Waals surface area (Å²) in [6.45, 7) is 0. The van der Waals surface area contributed by atoms with Crippen LogP contribution in [0.4, 0.5) is 17.1 Å². The molecular formula is C13H9Cl2N3O2S. The predicted octanol–water partition coefficient (Wildman–Crippen LogP) is 4.71. The minimum absolute atomic E-state index is 0.0210. The summed E-state index contributed by atoms with van der Waals surface area (Å²) in [6, 6.07) is 11.0. The lowest BCUT2D eigenvalue weighted by molar-refractivity contribution is -0.384. The maximum Gasteiger partial charge on any atom is 0.271 e. The first-order chi connectivity index (χ1) is 9.95. The SMILES string of the molecule is O=[N+]([O-])c1cccc(NC(=S)Nc2ccc(Cl)cc2Cl)c1. The predicted molar refractivity (Wildman–Crippen MR) is 89.4 cm³/mol. The molecule has 0 aliphatic heterocycles. The first kappa shape index (κ1) is 15.5. The van der Waals surface area contributed by atoms with Crippen molar-refractivity contribution in [2.24, 2.45) is 0 Å². The Bertz CT molecular complexity index is 710. The van der Waals surface area contributed by atoms with E-state index in [2.05, 4.69) is 10.6 Å². The van der Waals surface area contributed by atoms with Crippen LogP contribution in [0.2, 0.25) is 10.0 Å². The third-order valence-corrected chi connectivity index (χ3v) is 3.25. The number of anilines is 2. The molecule has 0 spiro atoms. The largest absolute Gasteiger partial charge is 0.332 e. The van der Waals surface area contributed by atoms with Gasteiger partial charge in [-0.05, 0) is 36.5 Å². The Kier molecular flexibility index (Phi) is 4.95. The van der Waals surface area contributed by atoms with E-state index in [1.165, 1.54) is 12.1 Å². The van der Waals surface area contributed by atoms with E-state index in [1.54, 1.807) is 30.3 Å². The third-order valence-electron chi connectivity index (χ3n) is 2.49. The minimum atomic E-state index is -0.474. The van der Waals surface area contributed by atoms with Crippen molar-refractivity contribution in [3.05, 3.63) is 62.6 Å². The van der Waals surface area contributed by atoms with Gasteiger partial charge >= 0.3 is 0 Å². The van der Waals surface area contributed by atoms with Crippen molar-refractivity contribution in [1.29, 1.82) is 0 Å². The Morgan fingerprint density at radius 2 is 1.90 bits per heavy atom. The number of hydrogen-bond donors (Lipinski definition) is 2. The summed E-state index contributed by atoms with van der Waals surface area (Å²) in [6.07, 6.45) is 0. The molecule has 0 saturated heterocycles. The molecule has 8 heteroatoms. The molecular weight excluding hydrogens is 333 g/mol. The number of nitrogens with zero attached hydrogens (tertiary/aromatic N) is 1. The Labute approximate surface area is 136 Å². The molecule has 2 N–H and O–H groups in total.